The molecule has 0 radical (unpaired) electrons. The smallest absolute Gasteiger partial charge is 0.314 e. The van der Waals surface area contributed by atoms with E-state index in [0.717, 1.165) is 18.5 Å². The third-order valence-corrected chi connectivity index (χ3v) is 3.55. The zero-order valence-electron chi connectivity index (χ0n) is 10.5. The summed E-state index contributed by atoms with van der Waals surface area (Å²) in [5.41, 5.74) is 1.94. The minimum Gasteiger partial charge on any atom is -0.466 e. The van der Waals surface area contributed by atoms with Gasteiger partial charge in [0.1, 0.15) is 0 Å². The van der Waals surface area contributed by atoms with Gasteiger partial charge < -0.3 is 10.1 Å². The second kappa shape index (κ2) is 4.78. The fourth-order valence-electron chi connectivity index (χ4n) is 2.36. The van der Waals surface area contributed by atoms with Crippen molar-refractivity contribution in [2.75, 3.05) is 18.5 Å². The zero-order chi connectivity index (χ0) is 12.3. The third kappa shape index (κ3) is 2.14. The van der Waals surface area contributed by atoms with Gasteiger partial charge in [-0.2, -0.15) is 0 Å². The number of carbonyl (C=O) groups is 1. The highest BCUT2D eigenvalue weighted by Gasteiger charge is 2.41. The van der Waals surface area contributed by atoms with E-state index in [9.17, 15) is 4.79 Å². The van der Waals surface area contributed by atoms with Crippen molar-refractivity contribution in [3.8, 4) is 0 Å². The van der Waals surface area contributed by atoms with Crippen LogP contribution in [0.1, 0.15) is 25.8 Å². The molecule has 92 valence electrons. The van der Waals surface area contributed by atoms with Crippen molar-refractivity contribution in [3.05, 3.63) is 29.8 Å². The Hall–Kier alpha value is -1.51. The minimum atomic E-state index is -0.398. The largest absolute Gasteiger partial charge is 0.466 e. The van der Waals surface area contributed by atoms with Crippen LogP contribution in [0.2, 0.25) is 0 Å². The summed E-state index contributed by atoms with van der Waals surface area (Å²) in [5, 5.41) is 3.34. The molecular formula is C14H19NO2. The number of benzene rings is 1. The Morgan fingerprint density at radius 1 is 1.41 bits per heavy atom. The summed E-state index contributed by atoms with van der Waals surface area (Å²) in [7, 11) is 0. The zero-order valence-corrected chi connectivity index (χ0v) is 10.5. The van der Waals surface area contributed by atoms with Crippen LogP contribution in [0.15, 0.2) is 24.3 Å². The molecule has 1 aromatic carbocycles. The number of fused-ring (bicyclic) bond motifs is 1. The van der Waals surface area contributed by atoms with Crippen LogP contribution in [0.4, 0.5) is 5.69 Å². The van der Waals surface area contributed by atoms with Crippen molar-refractivity contribution >= 4 is 11.7 Å². The van der Waals surface area contributed by atoms with E-state index >= 15 is 0 Å². The lowest BCUT2D eigenvalue weighted by molar-refractivity contribution is -0.155. The van der Waals surface area contributed by atoms with Crippen molar-refractivity contribution in [2.45, 2.75) is 26.7 Å². The number of rotatable bonds is 3. The van der Waals surface area contributed by atoms with Gasteiger partial charge in [0.05, 0.1) is 12.0 Å². The van der Waals surface area contributed by atoms with E-state index in [4.69, 9.17) is 4.74 Å². The Bertz CT molecular complexity index is 416. The molecule has 0 saturated heterocycles. The molecule has 1 heterocycles. The molecule has 2 rings (SSSR count). The van der Waals surface area contributed by atoms with E-state index in [1.54, 1.807) is 0 Å². The van der Waals surface area contributed by atoms with E-state index in [2.05, 4.69) is 17.4 Å². The van der Waals surface area contributed by atoms with Crippen molar-refractivity contribution in [2.24, 2.45) is 5.41 Å². The van der Waals surface area contributed by atoms with Gasteiger partial charge in [0, 0.05) is 12.2 Å². The summed E-state index contributed by atoms with van der Waals surface area (Å²) in [5.74, 6) is -0.0792. The van der Waals surface area contributed by atoms with E-state index in [1.165, 1.54) is 5.56 Å². The maximum absolute atomic E-state index is 12.1. The molecule has 1 atom stereocenters. The molecule has 3 nitrogen and oxygen atoms in total. The first kappa shape index (κ1) is 12.0. The van der Waals surface area contributed by atoms with Gasteiger partial charge >= 0.3 is 5.97 Å². The Balaban J connectivity index is 2.26. The molecule has 17 heavy (non-hydrogen) atoms. The molecule has 0 saturated carbocycles. The highest BCUT2D eigenvalue weighted by Crippen LogP contribution is 2.36. The topological polar surface area (TPSA) is 38.3 Å². The summed E-state index contributed by atoms with van der Waals surface area (Å²) >= 11 is 0. The molecule has 0 amide bonds. The molecule has 0 bridgehead atoms. The van der Waals surface area contributed by atoms with Gasteiger partial charge in [-0.25, -0.2) is 0 Å². The molecule has 0 aliphatic carbocycles. The Morgan fingerprint density at radius 2 is 2.18 bits per heavy atom. The fraction of sp³-hybridized carbons (Fsp3) is 0.500. The van der Waals surface area contributed by atoms with E-state index in [0.29, 0.717) is 13.2 Å². The third-order valence-electron chi connectivity index (χ3n) is 3.55. The molecule has 0 spiro atoms. The van der Waals surface area contributed by atoms with Gasteiger partial charge in [0.25, 0.3) is 0 Å². The van der Waals surface area contributed by atoms with Crippen LogP contribution in [0.5, 0.6) is 0 Å². The van der Waals surface area contributed by atoms with Crippen LogP contribution in [-0.2, 0) is 16.0 Å². The quantitative estimate of drug-likeness (QED) is 0.816. The van der Waals surface area contributed by atoms with Crippen molar-refractivity contribution in [1.82, 2.24) is 0 Å². The fourth-order valence-corrected chi connectivity index (χ4v) is 2.36. The number of hydrogen-bond acceptors (Lipinski definition) is 3. The molecule has 3 heteroatoms. The Morgan fingerprint density at radius 3 is 2.88 bits per heavy atom. The SMILES string of the molecule is CCOC(=O)[C@]1(CC)CNc2ccccc2C1. The lowest BCUT2D eigenvalue weighted by atomic mass is 9.76. The van der Waals surface area contributed by atoms with Gasteiger partial charge in [0.15, 0.2) is 0 Å². The first-order valence-corrected chi connectivity index (χ1v) is 6.21. The highest BCUT2D eigenvalue weighted by atomic mass is 16.5. The minimum absolute atomic E-state index is 0.0792. The molecule has 1 N–H and O–H groups in total. The van der Waals surface area contributed by atoms with Crippen LogP contribution in [0.25, 0.3) is 0 Å². The van der Waals surface area contributed by atoms with Crippen LogP contribution in [0.3, 0.4) is 0 Å². The van der Waals surface area contributed by atoms with Crippen LogP contribution in [-0.4, -0.2) is 19.1 Å². The number of carbonyl (C=O) groups excluding carboxylic acids is 1. The van der Waals surface area contributed by atoms with Crippen molar-refractivity contribution in [3.63, 3.8) is 0 Å². The lowest BCUT2D eigenvalue weighted by Gasteiger charge is -2.35. The second-order valence-electron chi connectivity index (χ2n) is 4.54. The first-order valence-electron chi connectivity index (χ1n) is 6.21. The number of hydrogen-bond donors (Lipinski definition) is 1. The summed E-state index contributed by atoms with van der Waals surface area (Å²) in [6.45, 7) is 5.01. The van der Waals surface area contributed by atoms with Crippen LogP contribution < -0.4 is 5.32 Å². The number of nitrogens with one attached hydrogen (secondary N) is 1. The van der Waals surface area contributed by atoms with Gasteiger partial charge in [0.2, 0.25) is 0 Å². The standard InChI is InChI=1S/C14H19NO2/c1-3-14(13(16)17-4-2)9-11-7-5-6-8-12(11)15-10-14/h5-8,15H,3-4,9-10H2,1-2H3/t14-/m0/s1. The Kier molecular flexibility index (Phi) is 3.36. The normalized spacial score (nSPS) is 22.5. The van der Waals surface area contributed by atoms with Gasteiger partial charge in [-0.3, -0.25) is 4.79 Å². The molecule has 0 unspecified atom stereocenters. The lowest BCUT2D eigenvalue weighted by Crippen LogP contribution is -2.43. The highest BCUT2D eigenvalue weighted by molar-refractivity contribution is 5.79. The summed E-state index contributed by atoms with van der Waals surface area (Å²) < 4.78 is 5.21. The molecular weight excluding hydrogens is 214 g/mol. The summed E-state index contributed by atoms with van der Waals surface area (Å²) in [6.07, 6.45) is 1.57. The second-order valence-corrected chi connectivity index (χ2v) is 4.54. The maximum atomic E-state index is 12.1. The summed E-state index contributed by atoms with van der Waals surface area (Å²) in [4.78, 5) is 12.1. The maximum Gasteiger partial charge on any atom is 0.314 e. The van der Waals surface area contributed by atoms with Crippen LogP contribution in [0, 0.1) is 5.41 Å². The van der Waals surface area contributed by atoms with Gasteiger partial charge in [-0.1, -0.05) is 25.1 Å². The molecule has 0 fully saturated rings. The van der Waals surface area contributed by atoms with E-state index in [-0.39, 0.29) is 5.97 Å². The monoisotopic (exact) mass is 233 g/mol. The molecule has 1 aliphatic rings. The number of anilines is 1. The number of para-hydroxylation sites is 1. The molecule has 1 aliphatic heterocycles. The number of ether oxygens (including phenoxy) is 1. The van der Waals surface area contributed by atoms with E-state index < -0.39 is 5.41 Å². The molecule has 0 aromatic heterocycles. The molecule has 1 aromatic rings. The van der Waals surface area contributed by atoms with Crippen molar-refractivity contribution < 1.29 is 9.53 Å². The van der Waals surface area contributed by atoms with Crippen LogP contribution >= 0.6 is 0 Å². The number of esters is 1. The Labute approximate surface area is 102 Å². The average Bonchev–Trinajstić information content (AvgIpc) is 2.38. The predicted octanol–water partition coefficient (Wildman–Crippen LogP) is 2.61. The summed E-state index contributed by atoms with van der Waals surface area (Å²) in [6, 6.07) is 8.15. The van der Waals surface area contributed by atoms with Gasteiger partial charge in [-0.05, 0) is 31.4 Å². The van der Waals surface area contributed by atoms with E-state index in [1.807, 2.05) is 26.0 Å². The average molecular weight is 233 g/mol. The van der Waals surface area contributed by atoms with Crippen molar-refractivity contribution in [1.29, 1.82) is 0 Å². The predicted molar refractivity (Wildman–Crippen MR) is 68.0 cm³/mol. The van der Waals surface area contributed by atoms with Gasteiger partial charge in [-0.15, -0.1) is 0 Å². The first-order chi connectivity index (χ1) is 8.22.